The molecule has 0 radical (unpaired) electrons. The fraction of sp³-hybridized carbons (Fsp3) is 0.414. The van der Waals surface area contributed by atoms with E-state index < -0.39 is 5.54 Å². The van der Waals surface area contributed by atoms with Crippen LogP contribution in [0.2, 0.25) is 0 Å². The van der Waals surface area contributed by atoms with E-state index in [-0.39, 0.29) is 18.4 Å². The molecule has 3 aromatic rings. The van der Waals surface area contributed by atoms with Crippen molar-refractivity contribution in [1.29, 1.82) is 0 Å². The first-order chi connectivity index (χ1) is 17.4. The van der Waals surface area contributed by atoms with E-state index in [4.69, 9.17) is 14.5 Å². The number of anilines is 1. The number of nitrogens with one attached hydrogen (secondary N) is 2. The Morgan fingerprint density at radius 2 is 1.72 bits per heavy atom. The van der Waals surface area contributed by atoms with Gasteiger partial charge < -0.3 is 20.1 Å². The standard InChI is InChI=1S/C29H35N3O4/c1-4-35-26-18-25(21-11-9-20(3)10-12-21)31-24-14-13-22(17-23(24)26)30-28(34)32-29(15-7-6-8-16-29)19-27(33)36-5-2/h9-14,17-18H,4-8,15-16,19H2,1-3H3,(H2,30,32,34). The molecule has 36 heavy (non-hydrogen) atoms. The molecule has 0 atom stereocenters. The van der Waals surface area contributed by atoms with Gasteiger partial charge in [0, 0.05) is 22.7 Å². The van der Waals surface area contributed by atoms with Gasteiger partial charge in [-0.05, 0) is 51.8 Å². The van der Waals surface area contributed by atoms with E-state index in [1.165, 1.54) is 5.56 Å². The van der Waals surface area contributed by atoms with Crippen molar-refractivity contribution >= 4 is 28.6 Å². The number of nitrogens with zero attached hydrogens (tertiary/aromatic N) is 1. The fourth-order valence-corrected chi connectivity index (χ4v) is 4.89. The summed E-state index contributed by atoms with van der Waals surface area (Å²) < 4.78 is 11.1. The number of carbonyl (C=O) groups is 2. The van der Waals surface area contributed by atoms with Crippen LogP contribution in [0.5, 0.6) is 5.75 Å². The molecule has 4 rings (SSSR count). The molecular weight excluding hydrogens is 454 g/mol. The van der Waals surface area contributed by atoms with Gasteiger partial charge in [-0.15, -0.1) is 0 Å². The number of hydrogen-bond donors (Lipinski definition) is 2. The van der Waals surface area contributed by atoms with Crippen molar-refractivity contribution in [2.45, 2.75) is 64.8 Å². The molecule has 0 saturated heterocycles. The first-order valence-electron chi connectivity index (χ1n) is 12.8. The molecule has 1 aromatic heterocycles. The minimum Gasteiger partial charge on any atom is -0.493 e. The molecule has 0 aliphatic heterocycles. The highest BCUT2D eigenvalue weighted by Crippen LogP contribution is 2.33. The van der Waals surface area contributed by atoms with E-state index in [1.54, 1.807) is 6.92 Å². The molecule has 2 amide bonds. The molecule has 7 nitrogen and oxygen atoms in total. The average molecular weight is 490 g/mol. The van der Waals surface area contributed by atoms with Crippen LogP contribution >= 0.6 is 0 Å². The SMILES string of the molecule is CCOC(=O)CC1(NC(=O)Nc2ccc3nc(-c4ccc(C)cc4)cc(OCC)c3c2)CCCCC1. The zero-order valence-corrected chi connectivity index (χ0v) is 21.4. The Kier molecular flexibility index (Phi) is 8.08. The molecule has 0 spiro atoms. The third-order valence-electron chi connectivity index (χ3n) is 6.65. The molecule has 1 saturated carbocycles. The predicted molar refractivity (Wildman–Crippen MR) is 142 cm³/mol. The van der Waals surface area contributed by atoms with Gasteiger partial charge in [-0.3, -0.25) is 4.79 Å². The van der Waals surface area contributed by atoms with Crippen molar-refractivity contribution in [3.63, 3.8) is 0 Å². The topological polar surface area (TPSA) is 89.5 Å². The molecule has 2 N–H and O–H groups in total. The second-order valence-corrected chi connectivity index (χ2v) is 9.44. The van der Waals surface area contributed by atoms with Crippen LogP contribution < -0.4 is 15.4 Å². The maximum absolute atomic E-state index is 13.0. The maximum atomic E-state index is 13.0. The summed E-state index contributed by atoms with van der Waals surface area (Å²) in [7, 11) is 0. The summed E-state index contributed by atoms with van der Waals surface area (Å²) in [6.07, 6.45) is 4.77. The first kappa shape index (κ1) is 25.5. The number of carbonyl (C=O) groups excluding carboxylic acids is 2. The van der Waals surface area contributed by atoms with Gasteiger partial charge in [0.05, 0.1) is 36.4 Å². The molecular formula is C29H35N3O4. The number of aryl methyl sites for hydroxylation is 1. The van der Waals surface area contributed by atoms with Crippen LogP contribution in [0.25, 0.3) is 22.2 Å². The lowest BCUT2D eigenvalue weighted by Gasteiger charge is -2.37. The second-order valence-electron chi connectivity index (χ2n) is 9.44. The molecule has 1 aliphatic rings. The number of benzene rings is 2. The van der Waals surface area contributed by atoms with Gasteiger partial charge in [0.15, 0.2) is 0 Å². The third-order valence-corrected chi connectivity index (χ3v) is 6.65. The van der Waals surface area contributed by atoms with Gasteiger partial charge in [0.2, 0.25) is 0 Å². The number of pyridine rings is 1. The van der Waals surface area contributed by atoms with Crippen molar-refractivity contribution in [3.05, 3.63) is 54.1 Å². The van der Waals surface area contributed by atoms with E-state index in [9.17, 15) is 9.59 Å². The Hall–Kier alpha value is -3.61. The number of hydrogen-bond acceptors (Lipinski definition) is 5. The predicted octanol–water partition coefficient (Wildman–Crippen LogP) is 6.39. The Bertz CT molecular complexity index is 1220. The normalized spacial score (nSPS) is 14.8. The lowest BCUT2D eigenvalue weighted by Crippen LogP contribution is -2.52. The zero-order chi connectivity index (χ0) is 25.5. The van der Waals surface area contributed by atoms with Crippen LogP contribution in [0.3, 0.4) is 0 Å². The van der Waals surface area contributed by atoms with Crippen LogP contribution in [0.1, 0.15) is 57.9 Å². The average Bonchev–Trinajstić information content (AvgIpc) is 2.85. The second kappa shape index (κ2) is 11.4. The first-order valence-corrected chi connectivity index (χ1v) is 12.8. The molecule has 2 aromatic carbocycles. The van der Waals surface area contributed by atoms with Crippen LogP contribution in [-0.2, 0) is 9.53 Å². The Morgan fingerprint density at radius 3 is 2.42 bits per heavy atom. The van der Waals surface area contributed by atoms with Gasteiger partial charge in [0.25, 0.3) is 0 Å². The molecule has 0 unspecified atom stereocenters. The van der Waals surface area contributed by atoms with Crippen molar-refractivity contribution in [3.8, 4) is 17.0 Å². The molecule has 0 bridgehead atoms. The molecule has 1 heterocycles. The zero-order valence-electron chi connectivity index (χ0n) is 21.4. The fourth-order valence-electron chi connectivity index (χ4n) is 4.89. The van der Waals surface area contributed by atoms with Crippen molar-refractivity contribution in [2.24, 2.45) is 0 Å². The number of aromatic nitrogens is 1. The number of ether oxygens (including phenoxy) is 2. The lowest BCUT2D eigenvalue weighted by atomic mass is 9.79. The van der Waals surface area contributed by atoms with E-state index in [2.05, 4.69) is 41.8 Å². The molecule has 190 valence electrons. The van der Waals surface area contributed by atoms with Gasteiger partial charge in [-0.1, -0.05) is 49.1 Å². The Morgan fingerprint density at radius 1 is 0.972 bits per heavy atom. The van der Waals surface area contributed by atoms with Crippen LogP contribution in [0.4, 0.5) is 10.5 Å². The highest BCUT2D eigenvalue weighted by molar-refractivity contribution is 5.95. The van der Waals surface area contributed by atoms with Gasteiger partial charge >= 0.3 is 12.0 Å². The number of esters is 1. The van der Waals surface area contributed by atoms with Crippen LogP contribution in [0, 0.1) is 6.92 Å². The Balaban J connectivity index is 1.56. The van der Waals surface area contributed by atoms with Crippen LogP contribution in [-0.4, -0.2) is 35.7 Å². The summed E-state index contributed by atoms with van der Waals surface area (Å²) in [5.74, 6) is 0.440. The van der Waals surface area contributed by atoms with Crippen LogP contribution in [0.15, 0.2) is 48.5 Å². The van der Waals surface area contributed by atoms with Crippen molar-refractivity contribution in [2.75, 3.05) is 18.5 Å². The molecule has 1 fully saturated rings. The summed E-state index contributed by atoms with van der Waals surface area (Å²) in [4.78, 5) is 30.1. The van der Waals surface area contributed by atoms with E-state index >= 15 is 0 Å². The Labute approximate surface area is 212 Å². The summed E-state index contributed by atoms with van der Waals surface area (Å²) in [5, 5.41) is 6.87. The maximum Gasteiger partial charge on any atom is 0.319 e. The molecule has 1 aliphatic carbocycles. The monoisotopic (exact) mass is 489 g/mol. The number of rotatable bonds is 8. The summed E-state index contributed by atoms with van der Waals surface area (Å²) in [6.45, 7) is 6.64. The number of fused-ring (bicyclic) bond motifs is 1. The van der Waals surface area contributed by atoms with Crippen molar-refractivity contribution in [1.82, 2.24) is 10.3 Å². The minimum absolute atomic E-state index is 0.187. The van der Waals surface area contributed by atoms with Crippen molar-refractivity contribution < 1.29 is 19.1 Å². The van der Waals surface area contributed by atoms with E-state index in [0.29, 0.717) is 24.7 Å². The van der Waals surface area contributed by atoms with E-state index in [0.717, 1.165) is 54.3 Å². The summed E-state index contributed by atoms with van der Waals surface area (Å²) in [5.41, 5.74) is 3.89. The molecule has 7 heteroatoms. The lowest BCUT2D eigenvalue weighted by molar-refractivity contribution is -0.145. The highest BCUT2D eigenvalue weighted by Gasteiger charge is 2.36. The van der Waals surface area contributed by atoms with E-state index in [1.807, 2.05) is 31.2 Å². The van der Waals surface area contributed by atoms with Gasteiger partial charge in [-0.2, -0.15) is 0 Å². The number of urea groups is 1. The van der Waals surface area contributed by atoms with Gasteiger partial charge in [-0.25, -0.2) is 9.78 Å². The third kappa shape index (κ3) is 6.14. The smallest absolute Gasteiger partial charge is 0.319 e. The highest BCUT2D eigenvalue weighted by atomic mass is 16.5. The number of amides is 2. The minimum atomic E-state index is -0.577. The summed E-state index contributed by atoms with van der Waals surface area (Å²) in [6, 6.07) is 15.4. The largest absolute Gasteiger partial charge is 0.493 e. The van der Waals surface area contributed by atoms with Gasteiger partial charge in [0.1, 0.15) is 5.75 Å². The summed E-state index contributed by atoms with van der Waals surface area (Å²) >= 11 is 0. The quantitative estimate of drug-likeness (QED) is 0.358.